The molecule has 6 heteroatoms. The number of hydrogen-bond acceptors (Lipinski definition) is 5. The van der Waals surface area contributed by atoms with Gasteiger partial charge in [-0.25, -0.2) is 9.69 Å². The Morgan fingerprint density at radius 3 is 2.12 bits per heavy atom. The molecule has 0 N–H and O–H groups in total. The second-order valence-corrected chi connectivity index (χ2v) is 5.19. The van der Waals surface area contributed by atoms with Crippen LogP contribution in [-0.2, 0) is 14.3 Å². The number of carbonyl (C=O) groups is 3. The van der Waals surface area contributed by atoms with Crippen LogP contribution in [0.4, 0.5) is 5.69 Å². The second-order valence-electron chi connectivity index (χ2n) is 5.19. The van der Waals surface area contributed by atoms with E-state index in [2.05, 4.69) is 0 Å². The first kappa shape index (κ1) is 16.4. The number of benzene rings is 2. The normalized spacial score (nSPS) is 13.2. The minimum absolute atomic E-state index is 0.114. The molecule has 0 atom stereocenters. The molecule has 1 heterocycles. The van der Waals surface area contributed by atoms with Crippen LogP contribution in [0.1, 0.15) is 10.4 Å². The predicted octanol–water partition coefficient (Wildman–Crippen LogP) is 2.35. The quantitative estimate of drug-likeness (QED) is 0.460. The van der Waals surface area contributed by atoms with Gasteiger partial charge >= 0.3 is 5.97 Å². The molecule has 0 bridgehead atoms. The lowest BCUT2D eigenvalue weighted by Gasteiger charge is -2.14. The highest BCUT2D eigenvalue weighted by Crippen LogP contribution is 2.19. The van der Waals surface area contributed by atoms with E-state index in [1.165, 1.54) is 36.4 Å². The van der Waals surface area contributed by atoms with Crippen LogP contribution in [-0.4, -0.2) is 31.0 Å². The van der Waals surface area contributed by atoms with E-state index in [-0.39, 0.29) is 13.2 Å². The molecule has 25 heavy (non-hydrogen) atoms. The SMILES string of the molecule is O=C(OCCOc1ccccc1)c1ccc(N2C(=O)C=CC2=O)cc1. The fraction of sp³-hybridized carbons (Fsp3) is 0.105. The van der Waals surface area contributed by atoms with Crippen molar-refractivity contribution in [1.29, 1.82) is 0 Å². The average Bonchev–Trinajstić information content (AvgIpc) is 2.98. The van der Waals surface area contributed by atoms with Crippen LogP contribution < -0.4 is 9.64 Å². The molecule has 126 valence electrons. The Balaban J connectivity index is 1.51. The number of anilines is 1. The smallest absolute Gasteiger partial charge is 0.338 e. The summed E-state index contributed by atoms with van der Waals surface area (Å²) in [6, 6.07) is 15.3. The molecule has 0 saturated heterocycles. The molecule has 0 spiro atoms. The number of esters is 1. The van der Waals surface area contributed by atoms with Gasteiger partial charge in [-0.05, 0) is 36.4 Å². The Kier molecular flexibility index (Phi) is 4.89. The van der Waals surface area contributed by atoms with E-state index < -0.39 is 17.8 Å². The van der Waals surface area contributed by atoms with Gasteiger partial charge in [-0.1, -0.05) is 18.2 Å². The maximum Gasteiger partial charge on any atom is 0.338 e. The monoisotopic (exact) mass is 337 g/mol. The third-order valence-electron chi connectivity index (χ3n) is 3.50. The fourth-order valence-electron chi connectivity index (χ4n) is 2.30. The summed E-state index contributed by atoms with van der Waals surface area (Å²) in [6.45, 7) is 0.360. The number of nitrogens with zero attached hydrogens (tertiary/aromatic N) is 1. The molecular formula is C19H15NO5. The van der Waals surface area contributed by atoms with E-state index >= 15 is 0 Å². The van der Waals surface area contributed by atoms with E-state index in [9.17, 15) is 14.4 Å². The van der Waals surface area contributed by atoms with Crippen molar-refractivity contribution in [2.24, 2.45) is 0 Å². The number of hydrogen-bond donors (Lipinski definition) is 0. The highest BCUT2D eigenvalue weighted by molar-refractivity contribution is 6.28. The largest absolute Gasteiger partial charge is 0.490 e. The van der Waals surface area contributed by atoms with Gasteiger partial charge in [0.25, 0.3) is 11.8 Å². The van der Waals surface area contributed by atoms with Crippen LogP contribution in [0.3, 0.4) is 0 Å². The van der Waals surface area contributed by atoms with Crippen LogP contribution >= 0.6 is 0 Å². The zero-order valence-corrected chi connectivity index (χ0v) is 13.3. The maximum absolute atomic E-state index is 12.0. The minimum Gasteiger partial charge on any atom is -0.490 e. The maximum atomic E-state index is 12.0. The lowest BCUT2D eigenvalue weighted by Crippen LogP contribution is -2.29. The first-order valence-corrected chi connectivity index (χ1v) is 7.66. The van der Waals surface area contributed by atoms with Gasteiger partial charge in [0.05, 0.1) is 11.3 Å². The molecule has 3 rings (SSSR count). The molecule has 0 radical (unpaired) electrons. The number of carbonyl (C=O) groups excluding carboxylic acids is 3. The highest BCUT2D eigenvalue weighted by Gasteiger charge is 2.25. The second kappa shape index (κ2) is 7.44. The molecule has 2 aromatic rings. The van der Waals surface area contributed by atoms with Crippen molar-refractivity contribution in [2.75, 3.05) is 18.1 Å². The summed E-state index contributed by atoms with van der Waals surface area (Å²) in [5.74, 6) is -0.603. The van der Waals surface area contributed by atoms with Gasteiger partial charge in [0.2, 0.25) is 0 Å². The van der Waals surface area contributed by atoms with Crippen molar-refractivity contribution >= 4 is 23.5 Å². The van der Waals surface area contributed by atoms with Gasteiger partial charge < -0.3 is 9.47 Å². The Labute approximate surface area is 144 Å². The van der Waals surface area contributed by atoms with Crippen molar-refractivity contribution in [3.63, 3.8) is 0 Å². The summed E-state index contributed by atoms with van der Waals surface area (Å²) in [6.07, 6.45) is 2.41. The van der Waals surface area contributed by atoms with Gasteiger partial charge in [0, 0.05) is 12.2 Å². The highest BCUT2D eigenvalue weighted by atomic mass is 16.6. The van der Waals surface area contributed by atoms with E-state index in [4.69, 9.17) is 9.47 Å². The number of para-hydroxylation sites is 1. The lowest BCUT2D eigenvalue weighted by atomic mass is 10.2. The third kappa shape index (κ3) is 3.92. The van der Waals surface area contributed by atoms with Crippen LogP contribution in [0, 0.1) is 0 Å². The van der Waals surface area contributed by atoms with E-state index in [0.29, 0.717) is 17.0 Å². The minimum atomic E-state index is -0.500. The number of amides is 2. The van der Waals surface area contributed by atoms with Gasteiger partial charge in [0.1, 0.15) is 19.0 Å². The summed E-state index contributed by atoms with van der Waals surface area (Å²) in [5, 5.41) is 0. The summed E-state index contributed by atoms with van der Waals surface area (Å²) in [5.41, 5.74) is 0.736. The number of rotatable bonds is 6. The molecular weight excluding hydrogens is 322 g/mol. The standard InChI is InChI=1S/C19H15NO5/c21-17-10-11-18(22)20(17)15-8-6-14(7-9-15)19(23)25-13-12-24-16-4-2-1-3-5-16/h1-11H,12-13H2. The molecule has 1 aliphatic heterocycles. The van der Waals surface area contributed by atoms with Crippen molar-refractivity contribution in [2.45, 2.75) is 0 Å². The number of imide groups is 1. The predicted molar refractivity (Wildman–Crippen MR) is 90.3 cm³/mol. The Morgan fingerprint density at radius 1 is 0.840 bits per heavy atom. The van der Waals surface area contributed by atoms with E-state index in [1.807, 2.05) is 30.3 Å². The molecule has 1 aliphatic rings. The van der Waals surface area contributed by atoms with Crippen LogP contribution in [0.15, 0.2) is 66.7 Å². The van der Waals surface area contributed by atoms with E-state index in [1.54, 1.807) is 0 Å². The molecule has 6 nitrogen and oxygen atoms in total. The first-order valence-electron chi connectivity index (χ1n) is 7.66. The number of ether oxygens (including phenoxy) is 2. The summed E-state index contributed by atoms with van der Waals surface area (Å²) in [4.78, 5) is 36.2. The molecule has 2 amide bonds. The van der Waals surface area contributed by atoms with Crippen LogP contribution in [0.5, 0.6) is 5.75 Å². The van der Waals surface area contributed by atoms with Crippen LogP contribution in [0.25, 0.3) is 0 Å². The molecule has 0 fully saturated rings. The van der Waals surface area contributed by atoms with Gasteiger partial charge in [0.15, 0.2) is 0 Å². The lowest BCUT2D eigenvalue weighted by molar-refractivity contribution is -0.119. The van der Waals surface area contributed by atoms with Gasteiger partial charge in [-0.2, -0.15) is 0 Å². The summed E-state index contributed by atoms with van der Waals surface area (Å²) >= 11 is 0. The zero-order chi connectivity index (χ0) is 17.6. The van der Waals surface area contributed by atoms with Gasteiger partial charge in [-0.15, -0.1) is 0 Å². The van der Waals surface area contributed by atoms with E-state index in [0.717, 1.165) is 4.90 Å². The first-order chi connectivity index (χ1) is 12.1. The van der Waals surface area contributed by atoms with Crippen molar-refractivity contribution < 1.29 is 23.9 Å². The molecule has 0 saturated carbocycles. The molecule has 0 unspecified atom stereocenters. The molecule has 2 aromatic carbocycles. The topological polar surface area (TPSA) is 72.9 Å². The Hall–Kier alpha value is -3.41. The van der Waals surface area contributed by atoms with Crippen molar-refractivity contribution in [3.8, 4) is 5.75 Å². The summed E-state index contributed by atoms with van der Waals surface area (Å²) < 4.78 is 10.6. The summed E-state index contributed by atoms with van der Waals surface area (Å²) in [7, 11) is 0. The Bertz CT molecular complexity index is 793. The molecule has 0 aromatic heterocycles. The van der Waals surface area contributed by atoms with Gasteiger partial charge in [-0.3, -0.25) is 9.59 Å². The third-order valence-corrected chi connectivity index (χ3v) is 3.50. The Morgan fingerprint density at radius 2 is 1.48 bits per heavy atom. The average molecular weight is 337 g/mol. The van der Waals surface area contributed by atoms with Crippen molar-refractivity contribution in [3.05, 3.63) is 72.3 Å². The molecule has 0 aliphatic carbocycles. The zero-order valence-electron chi connectivity index (χ0n) is 13.3. The van der Waals surface area contributed by atoms with Crippen molar-refractivity contribution in [1.82, 2.24) is 0 Å². The fourth-order valence-corrected chi connectivity index (χ4v) is 2.30. The van der Waals surface area contributed by atoms with Crippen LogP contribution in [0.2, 0.25) is 0 Å².